The van der Waals surface area contributed by atoms with Crippen LogP contribution in [0.25, 0.3) is 0 Å². The first-order valence-corrected chi connectivity index (χ1v) is 3.71. The fourth-order valence-corrected chi connectivity index (χ4v) is 0.977. The van der Waals surface area contributed by atoms with Crippen LogP contribution in [0, 0.1) is 18.6 Å². The molecule has 0 spiro atoms. The molecule has 4 heteroatoms. The van der Waals surface area contributed by atoms with E-state index in [9.17, 15) is 8.78 Å². The maximum Gasteiger partial charge on any atom is 0.132 e. The maximum atomic E-state index is 13.1. The summed E-state index contributed by atoms with van der Waals surface area (Å²) in [5.41, 5.74) is 0.258. The Hall–Kier alpha value is -1.45. The molecule has 0 unspecified atom stereocenters. The van der Waals surface area contributed by atoms with Crippen molar-refractivity contribution in [2.45, 2.75) is 13.8 Å². The highest BCUT2D eigenvalue weighted by atomic mass is 19.1. The summed E-state index contributed by atoms with van der Waals surface area (Å²) in [4.78, 5) is 0. The molecule has 0 aliphatic rings. The smallest absolute Gasteiger partial charge is 0.132 e. The van der Waals surface area contributed by atoms with Gasteiger partial charge in [0.05, 0.1) is 5.71 Å². The molecule has 0 aliphatic carbocycles. The van der Waals surface area contributed by atoms with Gasteiger partial charge in [-0.05, 0) is 31.5 Å². The molecule has 0 heterocycles. The summed E-state index contributed by atoms with van der Waals surface area (Å²) >= 11 is 0. The molecular formula is C9H9F2NO. The second kappa shape index (κ2) is 3.51. The predicted octanol–water partition coefficient (Wildman–Crippen LogP) is 2.47. The van der Waals surface area contributed by atoms with Gasteiger partial charge in [-0.15, -0.1) is 0 Å². The van der Waals surface area contributed by atoms with Gasteiger partial charge in [-0.25, -0.2) is 8.78 Å². The van der Waals surface area contributed by atoms with Crippen molar-refractivity contribution in [1.29, 1.82) is 0 Å². The van der Waals surface area contributed by atoms with Crippen molar-refractivity contribution in [2.24, 2.45) is 5.16 Å². The van der Waals surface area contributed by atoms with Gasteiger partial charge in [-0.1, -0.05) is 5.16 Å². The lowest BCUT2D eigenvalue weighted by atomic mass is 10.1. The van der Waals surface area contributed by atoms with Gasteiger partial charge in [0.15, 0.2) is 0 Å². The van der Waals surface area contributed by atoms with Crippen LogP contribution in [0.1, 0.15) is 18.1 Å². The number of oxime groups is 1. The summed E-state index contributed by atoms with van der Waals surface area (Å²) in [6, 6.07) is 2.08. The molecule has 0 aliphatic heterocycles. The SMILES string of the molecule is CC(=NO)c1cc(F)c(C)cc1F. The van der Waals surface area contributed by atoms with Crippen LogP contribution in [0.3, 0.4) is 0 Å². The van der Waals surface area contributed by atoms with Gasteiger partial charge in [0.25, 0.3) is 0 Å². The van der Waals surface area contributed by atoms with Gasteiger partial charge in [-0.2, -0.15) is 0 Å². The molecule has 0 bridgehead atoms. The van der Waals surface area contributed by atoms with Crippen LogP contribution in [0.2, 0.25) is 0 Å². The molecule has 0 aromatic heterocycles. The van der Waals surface area contributed by atoms with Crippen molar-refractivity contribution in [3.63, 3.8) is 0 Å². The van der Waals surface area contributed by atoms with E-state index in [2.05, 4.69) is 5.16 Å². The zero-order valence-electron chi connectivity index (χ0n) is 7.31. The molecule has 0 saturated heterocycles. The number of halogens is 2. The first-order valence-electron chi connectivity index (χ1n) is 3.71. The third-order valence-corrected chi connectivity index (χ3v) is 1.79. The number of nitrogens with zero attached hydrogens (tertiary/aromatic N) is 1. The molecule has 13 heavy (non-hydrogen) atoms. The predicted molar refractivity (Wildman–Crippen MR) is 45.1 cm³/mol. The third-order valence-electron chi connectivity index (χ3n) is 1.79. The Morgan fingerprint density at radius 1 is 1.31 bits per heavy atom. The highest BCUT2D eigenvalue weighted by molar-refractivity contribution is 5.98. The molecule has 1 rings (SSSR count). The molecule has 0 fully saturated rings. The molecule has 0 amide bonds. The van der Waals surface area contributed by atoms with Gasteiger partial charge < -0.3 is 5.21 Å². The summed E-state index contributed by atoms with van der Waals surface area (Å²) in [6.07, 6.45) is 0. The van der Waals surface area contributed by atoms with Gasteiger partial charge >= 0.3 is 0 Å². The summed E-state index contributed by atoms with van der Waals surface area (Å²) in [5, 5.41) is 11.2. The molecule has 1 N–H and O–H groups in total. The largest absolute Gasteiger partial charge is 0.411 e. The minimum atomic E-state index is -0.589. The lowest BCUT2D eigenvalue weighted by molar-refractivity contribution is 0.319. The van der Waals surface area contributed by atoms with Crippen molar-refractivity contribution in [3.8, 4) is 0 Å². The fraction of sp³-hybridized carbons (Fsp3) is 0.222. The highest BCUT2D eigenvalue weighted by Crippen LogP contribution is 2.14. The Labute approximate surface area is 74.5 Å². The minimum absolute atomic E-state index is 0.0226. The van der Waals surface area contributed by atoms with Crippen molar-refractivity contribution >= 4 is 5.71 Å². The molecule has 70 valence electrons. The van der Waals surface area contributed by atoms with Crippen LogP contribution >= 0.6 is 0 Å². The van der Waals surface area contributed by atoms with Crippen LogP contribution in [0.4, 0.5) is 8.78 Å². The van der Waals surface area contributed by atoms with E-state index in [1.165, 1.54) is 13.8 Å². The third kappa shape index (κ3) is 1.83. The topological polar surface area (TPSA) is 32.6 Å². The Kier molecular flexibility index (Phi) is 2.60. The van der Waals surface area contributed by atoms with Crippen LogP contribution < -0.4 is 0 Å². The molecule has 1 aromatic carbocycles. The normalized spacial score (nSPS) is 11.8. The van der Waals surface area contributed by atoms with Gasteiger partial charge in [-0.3, -0.25) is 0 Å². The van der Waals surface area contributed by atoms with E-state index in [1.54, 1.807) is 0 Å². The average Bonchev–Trinajstić information content (AvgIpc) is 2.10. The molecular weight excluding hydrogens is 176 g/mol. The maximum absolute atomic E-state index is 13.1. The number of hydrogen-bond donors (Lipinski definition) is 1. The summed E-state index contributed by atoms with van der Waals surface area (Å²) in [7, 11) is 0. The summed E-state index contributed by atoms with van der Waals surface area (Å²) in [5.74, 6) is -1.10. The fourth-order valence-electron chi connectivity index (χ4n) is 0.977. The highest BCUT2D eigenvalue weighted by Gasteiger charge is 2.09. The average molecular weight is 185 g/mol. The second-order valence-electron chi connectivity index (χ2n) is 2.77. The Morgan fingerprint density at radius 2 is 1.92 bits per heavy atom. The van der Waals surface area contributed by atoms with Gasteiger partial charge in [0.2, 0.25) is 0 Å². The number of benzene rings is 1. The number of hydrogen-bond acceptors (Lipinski definition) is 2. The zero-order chi connectivity index (χ0) is 10.0. The molecule has 0 atom stereocenters. The molecule has 1 aromatic rings. The standard InChI is InChI=1S/C9H9F2NO/c1-5-3-9(11)7(4-8(5)10)6(2)12-13/h3-4,13H,1-2H3. The van der Waals surface area contributed by atoms with Gasteiger partial charge in [0.1, 0.15) is 11.6 Å². The summed E-state index contributed by atoms with van der Waals surface area (Å²) in [6.45, 7) is 2.86. The minimum Gasteiger partial charge on any atom is -0.411 e. The zero-order valence-corrected chi connectivity index (χ0v) is 7.31. The number of aryl methyl sites for hydroxylation is 1. The van der Waals surface area contributed by atoms with Crippen LogP contribution in [0.5, 0.6) is 0 Å². The van der Waals surface area contributed by atoms with Crippen molar-refractivity contribution < 1.29 is 14.0 Å². The van der Waals surface area contributed by atoms with Crippen LogP contribution in [-0.4, -0.2) is 10.9 Å². The van der Waals surface area contributed by atoms with Crippen molar-refractivity contribution in [2.75, 3.05) is 0 Å². The Balaban J connectivity index is 3.32. The molecule has 0 saturated carbocycles. The quantitative estimate of drug-likeness (QED) is 0.407. The Morgan fingerprint density at radius 3 is 2.46 bits per heavy atom. The van der Waals surface area contributed by atoms with E-state index in [4.69, 9.17) is 5.21 Å². The van der Waals surface area contributed by atoms with E-state index in [1.807, 2.05) is 0 Å². The molecule has 0 radical (unpaired) electrons. The van der Waals surface area contributed by atoms with E-state index in [0.29, 0.717) is 0 Å². The first-order chi connectivity index (χ1) is 6.06. The van der Waals surface area contributed by atoms with Crippen LogP contribution in [-0.2, 0) is 0 Å². The van der Waals surface area contributed by atoms with E-state index in [-0.39, 0.29) is 16.8 Å². The van der Waals surface area contributed by atoms with Crippen molar-refractivity contribution in [1.82, 2.24) is 0 Å². The van der Waals surface area contributed by atoms with E-state index < -0.39 is 11.6 Å². The Bertz CT molecular complexity index is 361. The summed E-state index contributed by atoms with van der Waals surface area (Å²) < 4.78 is 26.1. The van der Waals surface area contributed by atoms with E-state index in [0.717, 1.165) is 12.1 Å². The lowest BCUT2D eigenvalue weighted by Crippen LogP contribution is -2.01. The van der Waals surface area contributed by atoms with Crippen molar-refractivity contribution in [3.05, 3.63) is 34.9 Å². The lowest BCUT2D eigenvalue weighted by Gasteiger charge is -2.03. The van der Waals surface area contributed by atoms with Gasteiger partial charge in [0, 0.05) is 5.56 Å². The first kappa shape index (κ1) is 9.64. The monoisotopic (exact) mass is 185 g/mol. The second-order valence-corrected chi connectivity index (χ2v) is 2.77. The van der Waals surface area contributed by atoms with Crippen LogP contribution in [0.15, 0.2) is 17.3 Å². The molecule has 2 nitrogen and oxygen atoms in total. The van der Waals surface area contributed by atoms with E-state index >= 15 is 0 Å². The number of rotatable bonds is 1.